The average molecular weight is 475 g/mol. The number of hydrogen-bond donors (Lipinski definition) is 1. The van der Waals surface area contributed by atoms with E-state index in [1.807, 2.05) is 42.2 Å². The van der Waals surface area contributed by atoms with Crippen LogP contribution in [0.3, 0.4) is 0 Å². The molecule has 1 aliphatic carbocycles. The van der Waals surface area contributed by atoms with E-state index in [1.54, 1.807) is 32.5 Å². The summed E-state index contributed by atoms with van der Waals surface area (Å²) in [5.41, 5.74) is 5.25. The van der Waals surface area contributed by atoms with Gasteiger partial charge in [-0.05, 0) is 66.3 Å². The van der Waals surface area contributed by atoms with Crippen molar-refractivity contribution in [2.24, 2.45) is 5.92 Å². The summed E-state index contributed by atoms with van der Waals surface area (Å²) in [6.07, 6.45) is 3.58. The Bertz CT molecular complexity index is 1220. The minimum atomic E-state index is -0.893. The Hall–Kier alpha value is -3.87. The molecule has 1 amide bonds. The quantitative estimate of drug-likeness (QED) is 0.453. The standard InChI is InChI=1S/C28H30N2O5/c1-4-30(28(33)19-6-7-19)17-22-15-20(21-9-12-26(35-3)29-16-21)8-10-23(22)24-13-18(14-27(31)32)5-11-25(24)34-2/h5,8-13,15-16,19H,4,6-7,14,17H2,1-3H3,(H,31,32). The van der Waals surface area contributed by atoms with Crippen LogP contribution >= 0.6 is 0 Å². The third kappa shape index (κ3) is 5.62. The minimum Gasteiger partial charge on any atom is -0.496 e. The maximum atomic E-state index is 12.9. The molecule has 7 nitrogen and oxygen atoms in total. The minimum absolute atomic E-state index is 0.0802. The first-order valence-corrected chi connectivity index (χ1v) is 11.7. The van der Waals surface area contributed by atoms with Gasteiger partial charge in [0.2, 0.25) is 11.8 Å². The van der Waals surface area contributed by atoms with Crippen LogP contribution in [0.15, 0.2) is 54.7 Å². The molecule has 0 unspecified atom stereocenters. The van der Waals surface area contributed by atoms with Gasteiger partial charge in [0.25, 0.3) is 0 Å². The highest BCUT2D eigenvalue weighted by molar-refractivity contribution is 5.83. The van der Waals surface area contributed by atoms with Gasteiger partial charge >= 0.3 is 5.97 Å². The summed E-state index contributed by atoms with van der Waals surface area (Å²) < 4.78 is 10.8. The summed E-state index contributed by atoms with van der Waals surface area (Å²) in [5.74, 6) is 0.604. The van der Waals surface area contributed by atoms with Crippen LogP contribution in [-0.2, 0) is 22.6 Å². The lowest BCUT2D eigenvalue weighted by atomic mass is 9.93. The highest BCUT2D eigenvalue weighted by atomic mass is 16.5. The Kier molecular flexibility index (Phi) is 7.34. The Morgan fingerprint density at radius 3 is 2.37 bits per heavy atom. The second-order valence-electron chi connectivity index (χ2n) is 8.69. The number of amides is 1. The highest BCUT2D eigenvalue weighted by Gasteiger charge is 2.33. The van der Waals surface area contributed by atoms with Gasteiger partial charge in [-0.1, -0.05) is 18.2 Å². The van der Waals surface area contributed by atoms with E-state index in [-0.39, 0.29) is 18.2 Å². The van der Waals surface area contributed by atoms with E-state index < -0.39 is 5.97 Å². The van der Waals surface area contributed by atoms with Gasteiger partial charge in [-0.2, -0.15) is 0 Å². The molecule has 1 heterocycles. The summed E-state index contributed by atoms with van der Waals surface area (Å²) in [7, 11) is 3.18. The van der Waals surface area contributed by atoms with E-state index >= 15 is 0 Å². The summed E-state index contributed by atoms with van der Waals surface area (Å²) in [5, 5.41) is 9.29. The average Bonchev–Trinajstić information content (AvgIpc) is 3.72. The number of carbonyl (C=O) groups is 2. The van der Waals surface area contributed by atoms with Crippen LogP contribution in [-0.4, -0.2) is 47.6 Å². The van der Waals surface area contributed by atoms with E-state index in [1.165, 1.54) is 0 Å². The number of methoxy groups -OCH3 is 2. The number of rotatable bonds is 10. The largest absolute Gasteiger partial charge is 0.496 e. The van der Waals surface area contributed by atoms with Crippen LogP contribution in [0.5, 0.6) is 11.6 Å². The molecule has 0 spiro atoms. The predicted molar refractivity (Wildman–Crippen MR) is 133 cm³/mol. The molecule has 0 atom stereocenters. The van der Waals surface area contributed by atoms with Crippen LogP contribution in [0.2, 0.25) is 0 Å². The van der Waals surface area contributed by atoms with Gasteiger partial charge in [-0.3, -0.25) is 9.59 Å². The molecule has 7 heteroatoms. The first kappa shape index (κ1) is 24.3. The molecule has 0 radical (unpaired) electrons. The van der Waals surface area contributed by atoms with Crippen molar-refractivity contribution in [3.05, 3.63) is 65.9 Å². The Labute approximate surface area is 205 Å². The normalized spacial score (nSPS) is 12.8. The van der Waals surface area contributed by atoms with Gasteiger partial charge in [0, 0.05) is 42.4 Å². The van der Waals surface area contributed by atoms with Gasteiger partial charge in [-0.15, -0.1) is 0 Å². The number of aromatic nitrogens is 1. The van der Waals surface area contributed by atoms with Crippen molar-refractivity contribution in [2.45, 2.75) is 32.7 Å². The first-order valence-electron chi connectivity index (χ1n) is 11.7. The fraction of sp³-hybridized carbons (Fsp3) is 0.321. The molecule has 182 valence electrons. The van der Waals surface area contributed by atoms with Crippen molar-refractivity contribution in [3.63, 3.8) is 0 Å². The summed E-state index contributed by atoms with van der Waals surface area (Å²) in [6, 6.07) is 15.3. The number of benzene rings is 2. The van der Waals surface area contributed by atoms with Crippen molar-refractivity contribution in [1.29, 1.82) is 0 Å². The van der Waals surface area contributed by atoms with E-state index in [4.69, 9.17) is 9.47 Å². The van der Waals surface area contributed by atoms with Gasteiger partial charge in [0.05, 0.1) is 20.6 Å². The lowest BCUT2D eigenvalue weighted by molar-refractivity contribution is -0.136. The molecule has 2 aromatic carbocycles. The molecule has 0 aliphatic heterocycles. The van der Waals surface area contributed by atoms with Gasteiger partial charge in [0.1, 0.15) is 5.75 Å². The molecule has 1 aromatic heterocycles. The molecule has 1 aliphatic rings. The third-order valence-electron chi connectivity index (χ3n) is 6.27. The van der Waals surface area contributed by atoms with Crippen LogP contribution in [0.1, 0.15) is 30.9 Å². The maximum Gasteiger partial charge on any atom is 0.307 e. The van der Waals surface area contributed by atoms with E-state index in [2.05, 4.69) is 11.1 Å². The highest BCUT2D eigenvalue weighted by Crippen LogP contribution is 2.37. The number of carboxylic acids is 1. The fourth-order valence-electron chi connectivity index (χ4n) is 4.23. The zero-order valence-corrected chi connectivity index (χ0v) is 20.3. The second-order valence-corrected chi connectivity index (χ2v) is 8.69. The van der Waals surface area contributed by atoms with Gasteiger partial charge in [0.15, 0.2) is 0 Å². The number of aliphatic carboxylic acids is 1. The molecule has 1 saturated carbocycles. The van der Waals surface area contributed by atoms with Crippen molar-refractivity contribution < 1.29 is 24.2 Å². The zero-order valence-electron chi connectivity index (χ0n) is 20.3. The van der Waals surface area contributed by atoms with Crippen LogP contribution in [0.4, 0.5) is 0 Å². The second kappa shape index (κ2) is 10.6. The van der Waals surface area contributed by atoms with Crippen LogP contribution in [0, 0.1) is 5.92 Å². The van der Waals surface area contributed by atoms with Crippen molar-refractivity contribution in [1.82, 2.24) is 9.88 Å². The molecule has 1 N–H and O–H groups in total. The molecule has 35 heavy (non-hydrogen) atoms. The SMILES string of the molecule is CCN(Cc1cc(-c2ccc(OC)nc2)ccc1-c1cc(CC(=O)O)ccc1OC)C(=O)C1CC1. The van der Waals surface area contributed by atoms with E-state index in [0.29, 0.717) is 30.3 Å². The molecular formula is C28H30N2O5. The first-order chi connectivity index (χ1) is 16.9. The lowest BCUT2D eigenvalue weighted by Gasteiger charge is -2.24. The molecular weight excluding hydrogens is 444 g/mol. The molecule has 4 rings (SSSR count). The topological polar surface area (TPSA) is 89.0 Å². The van der Waals surface area contributed by atoms with E-state index in [9.17, 15) is 14.7 Å². The monoisotopic (exact) mass is 474 g/mol. The molecule has 3 aromatic rings. The number of hydrogen-bond acceptors (Lipinski definition) is 5. The summed E-state index contributed by atoms with van der Waals surface area (Å²) >= 11 is 0. The Morgan fingerprint density at radius 1 is 1.00 bits per heavy atom. The van der Waals surface area contributed by atoms with Gasteiger partial charge < -0.3 is 19.5 Å². The number of nitrogens with zero attached hydrogens (tertiary/aromatic N) is 2. The third-order valence-corrected chi connectivity index (χ3v) is 6.27. The molecule has 0 saturated heterocycles. The molecule has 1 fully saturated rings. The maximum absolute atomic E-state index is 12.9. The zero-order chi connectivity index (χ0) is 24.9. The van der Waals surface area contributed by atoms with Gasteiger partial charge in [-0.25, -0.2) is 4.98 Å². The number of carbonyl (C=O) groups excluding carboxylic acids is 1. The van der Waals surface area contributed by atoms with Crippen LogP contribution in [0.25, 0.3) is 22.3 Å². The van der Waals surface area contributed by atoms with Crippen molar-refractivity contribution >= 4 is 11.9 Å². The predicted octanol–water partition coefficient (Wildman–Crippen LogP) is 4.82. The molecule has 0 bridgehead atoms. The smallest absolute Gasteiger partial charge is 0.307 e. The lowest BCUT2D eigenvalue weighted by Crippen LogP contribution is -2.31. The van der Waals surface area contributed by atoms with Crippen molar-refractivity contribution in [2.75, 3.05) is 20.8 Å². The Morgan fingerprint density at radius 2 is 1.77 bits per heavy atom. The van der Waals surface area contributed by atoms with E-state index in [0.717, 1.165) is 40.7 Å². The number of pyridine rings is 1. The van der Waals surface area contributed by atoms with Crippen molar-refractivity contribution in [3.8, 4) is 33.9 Å². The summed E-state index contributed by atoms with van der Waals surface area (Å²) in [6.45, 7) is 3.05. The number of carboxylic acid groups (broad SMARTS) is 1. The van der Waals surface area contributed by atoms with Crippen LogP contribution < -0.4 is 9.47 Å². The number of ether oxygens (including phenoxy) is 2. The fourth-order valence-corrected chi connectivity index (χ4v) is 4.23. The Balaban J connectivity index is 1.81. The summed E-state index contributed by atoms with van der Waals surface area (Å²) in [4.78, 5) is 30.5.